The van der Waals surface area contributed by atoms with Crippen LogP contribution in [0.3, 0.4) is 0 Å². The van der Waals surface area contributed by atoms with Gasteiger partial charge in [-0.05, 0) is 115 Å². The third-order valence-electron chi connectivity index (χ3n) is 9.01. The Morgan fingerprint density at radius 2 is 1.12 bits per heavy atom. The second-order valence-electron chi connectivity index (χ2n) is 12.8. The van der Waals surface area contributed by atoms with E-state index in [0.29, 0.717) is 0 Å². The van der Waals surface area contributed by atoms with Crippen molar-refractivity contribution in [2.45, 2.75) is 104 Å². The minimum absolute atomic E-state index is 0. The molecule has 2 atom stereocenters. The molecule has 4 nitrogen and oxygen atoms in total. The molecular formula is C45H52IrNO3-. The Kier molecular flexibility index (Phi) is 16.1. The Labute approximate surface area is 314 Å². The summed E-state index contributed by atoms with van der Waals surface area (Å²) in [6.45, 7) is 8.89. The van der Waals surface area contributed by atoms with Crippen LogP contribution in [0.5, 0.6) is 23.0 Å². The Morgan fingerprint density at radius 1 is 0.560 bits per heavy atom. The molecule has 0 N–H and O–H groups in total. The van der Waals surface area contributed by atoms with E-state index < -0.39 is 0 Å². The van der Waals surface area contributed by atoms with E-state index >= 15 is 0 Å². The van der Waals surface area contributed by atoms with Crippen molar-refractivity contribution in [1.29, 1.82) is 0 Å². The summed E-state index contributed by atoms with van der Waals surface area (Å²) in [7, 11) is 0. The predicted molar refractivity (Wildman–Crippen MR) is 204 cm³/mol. The van der Waals surface area contributed by atoms with E-state index in [1.165, 1.54) is 38.5 Å². The molecule has 5 heteroatoms. The molecule has 2 unspecified atom stereocenters. The number of unbranched alkanes of at least 4 members (excludes halogenated alkanes) is 4. The Balaban J connectivity index is 0.00000562. The second kappa shape index (κ2) is 20.7. The van der Waals surface area contributed by atoms with Crippen molar-refractivity contribution in [1.82, 2.24) is 4.98 Å². The van der Waals surface area contributed by atoms with E-state index in [0.717, 1.165) is 82.2 Å². The Morgan fingerprint density at radius 3 is 1.60 bits per heavy atom. The van der Waals surface area contributed by atoms with E-state index in [4.69, 9.17) is 14.2 Å². The molecule has 265 valence electrons. The van der Waals surface area contributed by atoms with Crippen molar-refractivity contribution >= 4 is 0 Å². The normalized spacial score (nSPS) is 12.1. The van der Waals surface area contributed by atoms with Crippen LogP contribution in [0.2, 0.25) is 0 Å². The molecule has 0 aliphatic heterocycles. The van der Waals surface area contributed by atoms with Gasteiger partial charge in [0.05, 0.1) is 12.2 Å². The van der Waals surface area contributed by atoms with Crippen LogP contribution in [-0.4, -0.2) is 17.2 Å². The topological polar surface area (TPSA) is 40.6 Å². The molecule has 0 aliphatic carbocycles. The first-order valence-corrected chi connectivity index (χ1v) is 18.4. The average molecular weight is 847 g/mol. The zero-order chi connectivity index (χ0) is 34.3. The molecule has 0 fully saturated rings. The predicted octanol–water partition coefficient (Wildman–Crippen LogP) is 13.1. The van der Waals surface area contributed by atoms with Gasteiger partial charge in [-0.3, -0.25) is 0 Å². The number of ether oxygens (including phenoxy) is 3. The zero-order valence-corrected chi connectivity index (χ0v) is 32.5. The number of rotatable bonds is 19. The molecule has 0 aliphatic rings. The fraction of sp³-hybridized carbons (Fsp3) is 0.356. The fourth-order valence-corrected chi connectivity index (χ4v) is 6.08. The quantitative estimate of drug-likeness (QED) is 0.0613. The summed E-state index contributed by atoms with van der Waals surface area (Å²) in [5, 5.41) is 0. The first kappa shape index (κ1) is 38.9. The monoisotopic (exact) mass is 847 g/mol. The van der Waals surface area contributed by atoms with Crippen molar-refractivity contribution < 1.29 is 34.3 Å². The van der Waals surface area contributed by atoms with E-state index in [-0.39, 0.29) is 32.3 Å². The maximum Gasteiger partial charge on any atom is 0.126 e. The first-order valence-electron chi connectivity index (χ1n) is 18.4. The number of benzene rings is 4. The number of hydrogen-bond acceptors (Lipinski definition) is 4. The van der Waals surface area contributed by atoms with Gasteiger partial charge in [0.1, 0.15) is 17.2 Å². The van der Waals surface area contributed by atoms with Crippen molar-refractivity contribution in [3.63, 3.8) is 0 Å². The van der Waals surface area contributed by atoms with Gasteiger partial charge in [0.15, 0.2) is 0 Å². The van der Waals surface area contributed by atoms with E-state index in [1.807, 2.05) is 36.4 Å². The third-order valence-corrected chi connectivity index (χ3v) is 9.01. The van der Waals surface area contributed by atoms with Crippen LogP contribution in [0.4, 0.5) is 0 Å². The van der Waals surface area contributed by atoms with Gasteiger partial charge >= 0.3 is 0 Å². The molecule has 0 saturated heterocycles. The van der Waals surface area contributed by atoms with Gasteiger partial charge in [0, 0.05) is 32.1 Å². The van der Waals surface area contributed by atoms with Crippen LogP contribution in [0.1, 0.15) is 91.9 Å². The van der Waals surface area contributed by atoms with Gasteiger partial charge in [-0.2, -0.15) is 0 Å². The molecule has 1 heterocycles. The zero-order valence-electron chi connectivity index (χ0n) is 30.1. The molecule has 0 bridgehead atoms. The van der Waals surface area contributed by atoms with Gasteiger partial charge in [-0.1, -0.05) is 89.8 Å². The SMILES string of the molecule is CCCCCC(CC)Oc1ccc(-c2cc(Oc3cc[c-]c(-c4ccccn4)c3)cc(-c3ccc(OC(CC)CCCCC)cc3)c2)cc1.[Ir]. The van der Waals surface area contributed by atoms with Crippen LogP contribution in [0.25, 0.3) is 33.5 Å². The van der Waals surface area contributed by atoms with Gasteiger partial charge in [-0.25, -0.2) is 0 Å². The summed E-state index contributed by atoms with van der Waals surface area (Å²) in [5.74, 6) is 3.32. The summed E-state index contributed by atoms with van der Waals surface area (Å²) in [4.78, 5) is 4.49. The van der Waals surface area contributed by atoms with Crippen LogP contribution in [0, 0.1) is 6.07 Å². The van der Waals surface area contributed by atoms with Crippen LogP contribution in [0.15, 0.2) is 109 Å². The van der Waals surface area contributed by atoms with Crippen molar-refractivity contribution in [3.8, 4) is 56.5 Å². The molecule has 0 amide bonds. The number of nitrogens with zero attached hydrogens (tertiary/aromatic N) is 1. The van der Waals surface area contributed by atoms with E-state index in [9.17, 15) is 0 Å². The maximum absolute atomic E-state index is 6.54. The molecule has 1 radical (unpaired) electrons. The fourth-order valence-electron chi connectivity index (χ4n) is 6.08. The molecule has 50 heavy (non-hydrogen) atoms. The Hall–Kier alpha value is -3.92. The van der Waals surface area contributed by atoms with Crippen molar-refractivity contribution in [3.05, 3.63) is 115 Å². The summed E-state index contributed by atoms with van der Waals surface area (Å²) < 4.78 is 19.3. The van der Waals surface area contributed by atoms with E-state index in [1.54, 1.807) is 6.20 Å². The van der Waals surface area contributed by atoms with E-state index in [2.05, 4.69) is 105 Å². The van der Waals surface area contributed by atoms with Gasteiger partial charge in [0.2, 0.25) is 0 Å². The molecule has 5 rings (SSSR count). The van der Waals surface area contributed by atoms with Crippen LogP contribution < -0.4 is 14.2 Å². The van der Waals surface area contributed by atoms with Gasteiger partial charge < -0.3 is 19.2 Å². The molecule has 0 saturated carbocycles. The third kappa shape index (κ3) is 11.6. The Bertz CT molecular complexity index is 1610. The maximum atomic E-state index is 6.54. The minimum atomic E-state index is 0. The summed E-state index contributed by atoms with van der Waals surface area (Å²) in [6.07, 6.45) is 13.8. The molecule has 5 aromatic rings. The first-order chi connectivity index (χ1) is 24.1. The smallest absolute Gasteiger partial charge is 0.126 e. The summed E-state index contributed by atoms with van der Waals surface area (Å²) in [5.41, 5.74) is 6.10. The number of aromatic nitrogens is 1. The van der Waals surface area contributed by atoms with Crippen molar-refractivity contribution in [2.24, 2.45) is 0 Å². The summed E-state index contributed by atoms with van der Waals surface area (Å²) in [6, 6.07) is 38.4. The van der Waals surface area contributed by atoms with Gasteiger partial charge in [0.25, 0.3) is 0 Å². The number of pyridine rings is 1. The van der Waals surface area contributed by atoms with Gasteiger partial charge in [-0.15, -0.1) is 29.8 Å². The summed E-state index contributed by atoms with van der Waals surface area (Å²) >= 11 is 0. The largest absolute Gasteiger partial charge is 0.490 e. The standard InChI is InChI=1S/C45H52NO3.Ir/c1-5-9-11-17-39(7-3)47-41-25-21-34(22-26-41)37-30-38(35-23-27-42(28-24-35)48-40(8-4)18-12-10-6-2)33-44(32-37)49-43-19-15-16-36(31-43)45-20-13-14-29-46-45;/h13-15,19-33,39-40H,5-12,17-18H2,1-4H3;/q-1;. The second-order valence-corrected chi connectivity index (χ2v) is 12.8. The molecular weight excluding hydrogens is 795 g/mol. The number of hydrogen-bond donors (Lipinski definition) is 0. The molecule has 1 aromatic heterocycles. The average Bonchev–Trinajstić information content (AvgIpc) is 3.15. The molecule has 0 spiro atoms. The van der Waals surface area contributed by atoms with Crippen LogP contribution >= 0.6 is 0 Å². The van der Waals surface area contributed by atoms with Crippen LogP contribution in [-0.2, 0) is 20.1 Å². The van der Waals surface area contributed by atoms with Crippen molar-refractivity contribution in [2.75, 3.05) is 0 Å². The molecule has 4 aromatic carbocycles. The minimum Gasteiger partial charge on any atom is -0.490 e.